The molecule has 148 valence electrons. The molecule has 0 radical (unpaired) electrons. The van der Waals surface area contributed by atoms with Gasteiger partial charge in [-0.1, -0.05) is 6.58 Å². The van der Waals surface area contributed by atoms with Crippen LogP contribution < -0.4 is 5.32 Å². The summed E-state index contributed by atoms with van der Waals surface area (Å²) in [5, 5.41) is 13.3. The molecule has 6 nitrogen and oxygen atoms in total. The number of aromatic nitrogens is 1. The lowest BCUT2D eigenvalue weighted by atomic mass is 10.1. The monoisotopic (exact) mass is 380 g/mol. The Labute approximate surface area is 166 Å². The lowest BCUT2D eigenvalue weighted by Crippen LogP contribution is -2.27. The van der Waals surface area contributed by atoms with E-state index >= 15 is 0 Å². The first-order valence-electron chi connectivity index (χ1n) is 9.01. The molecule has 0 bridgehead atoms. The second-order valence-corrected chi connectivity index (χ2v) is 8.04. The van der Waals surface area contributed by atoms with Gasteiger partial charge in [-0.2, -0.15) is 5.26 Å². The number of ether oxygens (including phenoxy) is 1. The highest BCUT2D eigenvalue weighted by Crippen LogP contribution is 2.31. The van der Waals surface area contributed by atoms with Crippen LogP contribution in [0.5, 0.6) is 0 Å². The van der Waals surface area contributed by atoms with Gasteiger partial charge in [-0.15, -0.1) is 0 Å². The summed E-state index contributed by atoms with van der Waals surface area (Å²) in [5.74, 6) is 0. The third-order valence-corrected chi connectivity index (χ3v) is 4.17. The SMILES string of the molecule is C=C(/C(C#N)=C/N(C)C)c1cc2cc(C)c(NC(=O)OC(C)(C)C)cc2n1C. The van der Waals surface area contributed by atoms with Crippen LogP contribution in [0, 0.1) is 18.3 Å². The Morgan fingerprint density at radius 2 is 1.96 bits per heavy atom. The van der Waals surface area contributed by atoms with Crippen molar-refractivity contribution in [2.45, 2.75) is 33.3 Å². The molecule has 1 N–H and O–H groups in total. The zero-order valence-electron chi connectivity index (χ0n) is 17.7. The molecule has 0 aliphatic carbocycles. The van der Waals surface area contributed by atoms with Gasteiger partial charge in [0, 0.05) is 49.7 Å². The minimum Gasteiger partial charge on any atom is -0.444 e. The van der Waals surface area contributed by atoms with Crippen molar-refractivity contribution in [3.05, 3.63) is 47.8 Å². The summed E-state index contributed by atoms with van der Waals surface area (Å²) in [7, 11) is 5.65. The van der Waals surface area contributed by atoms with Crippen LogP contribution in [0.1, 0.15) is 32.0 Å². The van der Waals surface area contributed by atoms with Crippen LogP contribution in [0.2, 0.25) is 0 Å². The van der Waals surface area contributed by atoms with Gasteiger partial charge in [0.05, 0.1) is 11.1 Å². The van der Waals surface area contributed by atoms with E-state index in [0.29, 0.717) is 16.8 Å². The van der Waals surface area contributed by atoms with Gasteiger partial charge < -0.3 is 14.2 Å². The van der Waals surface area contributed by atoms with E-state index in [2.05, 4.69) is 18.0 Å². The molecule has 28 heavy (non-hydrogen) atoms. The molecule has 2 rings (SSSR count). The van der Waals surface area contributed by atoms with Crippen molar-refractivity contribution in [3.8, 4) is 6.07 Å². The lowest BCUT2D eigenvalue weighted by molar-refractivity contribution is 0.0636. The number of hydrogen-bond acceptors (Lipinski definition) is 4. The molecule has 1 aromatic heterocycles. The fourth-order valence-corrected chi connectivity index (χ4v) is 2.91. The van der Waals surface area contributed by atoms with E-state index in [4.69, 9.17) is 4.74 Å². The molecule has 2 aromatic rings. The summed E-state index contributed by atoms with van der Waals surface area (Å²) >= 11 is 0. The number of amides is 1. The normalized spacial score (nSPS) is 11.9. The Kier molecular flexibility index (Phi) is 5.89. The average Bonchev–Trinajstić information content (AvgIpc) is 2.86. The van der Waals surface area contributed by atoms with E-state index < -0.39 is 11.7 Å². The molecule has 0 spiro atoms. The lowest BCUT2D eigenvalue weighted by Gasteiger charge is -2.20. The Morgan fingerprint density at radius 1 is 1.32 bits per heavy atom. The highest BCUT2D eigenvalue weighted by atomic mass is 16.6. The summed E-state index contributed by atoms with van der Waals surface area (Å²) in [5.41, 5.74) is 3.96. The van der Waals surface area contributed by atoms with Crippen molar-refractivity contribution in [2.75, 3.05) is 19.4 Å². The van der Waals surface area contributed by atoms with Gasteiger partial charge in [-0.3, -0.25) is 5.32 Å². The molecule has 0 atom stereocenters. The van der Waals surface area contributed by atoms with Crippen LogP contribution in [-0.2, 0) is 11.8 Å². The number of rotatable bonds is 4. The van der Waals surface area contributed by atoms with Crippen LogP contribution in [0.3, 0.4) is 0 Å². The number of carbonyl (C=O) groups excluding carboxylic acids is 1. The van der Waals surface area contributed by atoms with Gasteiger partial charge in [0.2, 0.25) is 0 Å². The van der Waals surface area contributed by atoms with E-state index in [-0.39, 0.29) is 0 Å². The first kappa shape index (κ1) is 21.1. The Morgan fingerprint density at radius 3 is 2.50 bits per heavy atom. The summed E-state index contributed by atoms with van der Waals surface area (Å²) in [6.07, 6.45) is 1.26. The van der Waals surface area contributed by atoms with Gasteiger partial charge in [0.25, 0.3) is 0 Å². The van der Waals surface area contributed by atoms with Crippen LogP contribution >= 0.6 is 0 Å². The first-order valence-corrected chi connectivity index (χ1v) is 9.01. The predicted octanol–water partition coefficient (Wildman–Crippen LogP) is 4.82. The third kappa shape index (κ3) is 4.74. The number of carbonyl (C=O) groups is 1. The zero-order valence-corrected chi connectivity index (χ0v) is 17.7. The fraction of sp³-hybridized carbons (Fsp3) is 0.364. The van der Waals surface area contributed by atoms with Crippen molar-refractivity contribution >= 4 is 28.3 Å². The Bertz CT molecular complexity index is 998. The zero-order chi connectivity index (χ0) is 21.2. The third-order valence-electron chi connectivity index (χ3n) is 4.17. The number of hydrogen-bond donors (Lipinski definition) is 1. The van der Waals surface area contributed by atoms with Gasteiger partial charge in [-0.05, 0) is 51.5 Å². The number of nitrogens with one attached hydrogen (secondary N) is 1. The van der Waals surface area contributed by atoms with Gasteiger partial charge in [-0.25, -0.2) is 4.79 Å². The molecule has 1 aromatic carbocycles. The van der Waals surface area contributed by atoms with Crippen molar-refractivity contribution in [1.82, 2.24) is 9.47 Å². The number of fused-ring (bicyclic) bond motifs is 1. The fourth-order valence-electron chi connectivity index (χ4n) is 2.91. The largest absolute Gasteiger partial charge is 0.444 e. The molecule has 0 aliphatic rings. The number of nitriles is 1. The maximum atomic E-state index is 12.1. The van der Waals surface area contributed by atoms with E-state index in [9.17, 15) is 10.1 Å². The molecule has 0 saturated heterocycles. The van der Waals surface area contributed by atoms with Gasteiger partial charge >= 0.3 is 6.09 Å². The molecule has 0 fully saturated rings. The summed E-state index contributed by atoms with van der Waals surface area (Å²) in [6.45, 7) is 11.5. The van der Waals surface area contributed by atoms with Crippen molar-refractivity contribution < 1.29 is 9.53 Å². The van der Waals surface area contributed by atoms with Crippen molar-refractivity contribution in [2.24, 2.45) is 7.05 Å². The quantitative estimate of drug-likeness (QED) is 0.610. The number of allylic oxidation sites excluding steroid dienone is 2. The highest BCUT2D eigenvalue weighted by Gasteiger charge is 2.18. The van der Waals surface area contributed by atoms with E-state index in [0.717, 1.165) is 22.2 Å². The van der Waals surface area contributed by atoms with Crippen LogP contribution in [0.4, 0.5) is 10.5 Å². The van der Waals surface area contributed by atoms with E-state index in [1.807, 2.05) is 76.5 Å². The standard InChI is InChI=1S/C22H28N4O2/c1-14-9-16-10-19(15(2)17(12-23)13-25(6)7)26(8)20(16)11-18(14)24-21(27)28-22(3,4)5/h9-11,13H,2H2,1,3-8H3,(H,24,27)/b17-13+. The highest BCUT2D eigenvalue weighted by molar-refractivity contribution is 5.95. The molecule has 0 aliphatic heterocycles. The smallest absolute Gasteiger partial charge is 0.412 e. The second-order valence-electron chi connectivity index (χ2n) is 8.04. The summed E-state index contributed by atoms with van der Waals surface area (Å²) < 4.78 is 7.32. The van der Waals surface area contributed by atoms with Gasteiger partial charge in [0.1, 0.15) is 11.7 Å². The molecular weight excluding hydrogens is 352 g/mol. The maximum Gasteiger partial charge on any atom is 0.412 e. The number of nitrogens with zero attached hydrogens (tertiary/aromatic N) is 3. The molecule has 0 saturated carbocycles. The average molecular weight is 380 g/mol. The van der Waals surface area contributed by atoms with E-state index in [1.165, 1.54) is 0 Å². The van der Waals surface area contributed by atoms with E-state index in [1.54, 1.807) is 6.20 Å². The first-order chi connectivity index (χ1) is 12.9. The molecule has 1 heterocycles. The number of aryl methyl sites for hydroxylation is 2. The van der Waals surface area contributed by atoms with Crippen LogP contribution in [-0.4, -0.2) is 35.3 Å². The molecule has 0 unspecified atom stereocenters. The Balaban J connectivity index is 2.45. The number of benzene rings is 1. The predicted molar refractivity (Wildman–Crippen MR) is 114 cm³/mol. The molecule has 6 heteroatoms. The van der Waals surface area contributed by atoms with Crippen LogP contribution in [0.25, 0.3) is 16.5 Å². The minimum absolute atomic E-state index is 0.491. The maximum absolute atomic E-state index is 12.1. The van der Waals surface area contributed by atoms with Crippen molar-refractivity contribution in [3.63, 3.8) is 0 Å². The van der Waals surface area contributed by atoms with Crippen molar-refractivity contribution in [1.29, 1.82) is 5.26 Å². The summed E-state index contributed by atoms with van der Waals surface area (Å²) in [6, 6.07) is 8.12. The topological polar surface area (TPSA) is 70.3 Å². The van der Waals surface area contributed by atoms with Crippen LogP contribution in [0.15, 0.2) is 36.6 Å². The second kappa shape index (κ2) is 7.81. The number of anilines is 1. The minimum atomic E-state index is -0.565. The molecule has 1 amide bonds. The van der Waals surface area contributed by atoms with Gasteiger partial charge in [0.15, 0.2) is 0 Å². The summed E-state index contributed by atoms with van der Waals surface area (Å²) in [4.78, 5) is 14.0. The Hall–Kier alpha value is -3.20. The molecular formula is C22H28N4O2.